The van der Waals surface area contributed by atoms with Crippen molar-refractivity contribution >= 4 is 34.9 Å². The molecule has 0 bridgehead atoms. The molecule has 1 saturated heterocycles. The van der Waals surface area contributed by atoms with Crippen molar-refractivity contribution in [2.24, 2.45) is 11.1 Å². The number of carbonyl (C=O) groups is 1. The van der Waals surface area contributed by atoms with Crippen LogP contribution in [0.2, 0.25) is 0 Å². The number of carbonyl (C=O) groups excluding carboxylic acids is 1. The fourth-order valence-corrected chi connectivity index (χ4v) is 2.84. The lowest BCUT2D eigenvalue weighted by molar-refractivity contribution is -0.131. The van der Waals surface area contributed by atoms with Gasteiger partial charge in [0.05, 0.1) is 4.99 Å². The van der Waals surface area contributed by atoms with Gasteiger partial charge in [-0.05, 0) is 26.0 Å². The molecule has 0 saturated carbocycles. The molecule has 0 aromatic carbocycles. The smallest absolute Gasteiger partial charge is 0.233 e. The fourth-order valence-electron chi connectivity index (χ4n) is 1.96. The van der Waals surface area contributed by atoms with Crippen molar-refractivity contribution in [3.8, 4) is 0 Å². The van der Waals surface area contributed by atoms with Crippen LogP contribution in [-0.2, 0) is 9.53 Å². The zero-order chi connectivity index (χ0) is 12.9. The van der Waals surface area contributed by atoms with E-state index >= 15 is 0 Å². The van der Waals surface area contributed by atoms with E-state index in [9.17, 15) is 4.79 Å². The molecule has 1 rings (SSSR count). The summed E-state index contributed by atoms with van der Waals surface area (Å²) in [6.45, 7) is 3.07. The Balaban J connectivity index is 2.70. The van der Waals surface area contributed by atoms with Crippen molar-refractivity contribution < 1.29 is 9.53 Å². The third-order valence-electron chi connectivity index (χ3n) is 3.05. The van der Waals surface area contributed by atoms with E-state index in [2.05, 4.69) is 5.32 Å². The van der Waals surface area contributed by atoms with E-state index in [1.807, 2.05) is 13.2 Å². The Morgan fingerprint density at radius 2 is 2.18 bits per heavy atom. The molecule has 0 aromatic rings. The van der Waals surface area contributed by atoms with Gasteiger partial charge in [0.2, 0.25) is 5.91 Å². The molecule has 3 N–H and O–H groups in total. The first-order valence-corrected chi connectivity index (χ1v) is 7.50. The Bertz CT molecular complexity index is 291. The first-order valence-electron chi connectivity index (χ1n) is 5.70. The molecule has 0 aromatic heterocycles. The molecule has 1 aliphatic heterocycles. The summed E-state index contributed by atoms with van der Waals surface area (Å²) in [6, 6.07) is 0.131. The monoisotopic (exact) mass is 276 g/mol. The standard InChI is InChI=1S/C11H20N2O2S2/c1-8(7-17-2)13-10(14)11(9(12)16)3-5-15-6-4-11/h8H,3-7H2,1-2H3,(H2,12,16)(H,13,14). The molecule has 1 fully saturated rings. The molecular formula is C11H20N2O2S2. The highest BCUT2D eigenvalue weighted by molar-refractivity contribution is 7.98. The average Bonchev–Trinajstić information content (AvgIpc) is 2.29. The summed E-state index contributed by atoms with van der Waals surface area (Å²) in [7, 11) is 0. The topological polar surface area (TPSA) is 64.4 Å². The third kappa shape index (κ3) is 3.56. The lowest BCUT2D eigenvalue weighted by Gasteiger charge is -2.35. The second kappa shape index (κ2) is 6.56. The maximum Gasteiger partial charge on any atom is 0.233 e. The molecule has 1 unspecified atom stereocenters. The first-order chi connectivity index (χ1) is 8.03. The van der Waals surface area contributed by atoms with Crippen molar-refractivity contribution in [1.82, 2.24) is 5.32 Å². The lowest BCUT2D eigenvalue weighted by Crippen LogP contribution is -2.54. The number of nitrogens with two attached hydrogens (primary N) is 1. The normalized spacial score (nSPS) is 20.6. The summed E-state index contributed by atoms with van der Waals surface area (Å²) in [5.41, 5.74) is 5.05. The fraction of sp³-hybridized carbons (Fsp3) is 0.818. The van der Waals surface area contributed by atoms with E-state index < -0.39 is 5.41 Å². The van der Waals surface area contributed by atoms with Crippen LogP contribution in [0.3, 0.4) is 0 Å². The average molecular weight is 276 g/mol. The van der Waals surface area contributed by atoms with E-state index in [0.29, 0.717) is 26.1 Å². The Hall–Kier alpha value is -0.330. The van der Waals surface area contributed by atoms with Crippen molar-refractivity contribution in [2.75, 3.05) is 25.2 Å². The predicted molar refractivity (Wildman–Crippen MR) is 75.3 cm³/mol. The molecule has 0 radical (unpaired) electrons. The van der Waals surface area contributed by atoms with Crippen LogP contribution in [-0.4, -0.2) is 42.2 Å². The van der Waals surface area contributed by atoms with Crippen molar-refractivity contribution in [3.63, 3.8) is 0 Å². The number of thioether (sulfide) groups is 1. The maximum absolute atomic E-state index is 12.3. The van der Waals surface area contributed by atoms with Crippen LogP contribution >= 0.6 is 24.0 Å². The number of nitrogens with one attached hydrogen (secondary N) is 1. The second-order valence-corrected chi connectivity index (χ2v) is 5.74. The van der Waals surface area contributed by atoms with Crippen LogP contribution in [0.15, 0.2) is 0 Å². The summed E-state index contributed by atoms with van der Waals surface area (Å²) in [6.07, 6.45) is 3.18. The van der Waals surface area contributed by atoms with E-state index in [0.717, 1.165) is 5.75 Å². The summed E-state index contributed by atoms with van der Waals surface area (Å²) in [4.78, 5) is 12.6. The number of hydrogen-bond donors (Lipinski definition) is 2. The molecule has 1 aliphatic rings. The van der Waals surface area contributed by atoms with Gasteiger partial charge >= 0.3 is 0 Å². The second-order valence-electron chi connectivity index (χ2n) is 4.39. The molecule has 4 nitrogen and oxygen atoms in total. The van der Waals surface area contributed by atoms with E-state index in [1.54, 1.807) is 11.8 Å². The summed E-state index contributed by atoms with van der Waals surface area (Å²) in [5, 5.41) is 2.99. The molecule has 98 valence electrons. The largest absolute Gasteiger partial charge is 0.392 e. The molecule has 1 heterocycles. The van der Waals surface area contributed by atoms with Gasteiger partial charge in [-0.25, -0.2) is 0 Å². The van der Waals surface area contributed by atoms with E-state index in [1.165, 1.54) is 0 Å². The SMILES string of the molecule is CSCC(C)NC(=O)C1(C(N)=S)CCOCC1. The first kappa shape index (κ1) is 14.7. The zero-order valence-corrected chi connectivity index (χ0v) is 12.0. The van der Waals surface area contributed by atoms with E-state index in [-0.39, 0.29) is 16.9 Å². The van der Waals surface area contributed by atoms with Crippen LogP contribution in [0.1, 0.15) is 19.8 Å². The number of ether oxygens (including phenoxy) is 1. The number of hydrogen-bond acceptors (Lipinski definition) is 4. The number of amides is 1. The van der Waals surface area contributed by atoms with Crippen molar-refractivity contribution in [2.45, 2.75) is 25.8 Å². The molecule has 0 aliphatic carbocycles. The number of thiocarbonyl (C=S) groups is 1. The van der Waals surface area contributed by atoms with Crippen LogP contribution in [0, 0.1) is 5.41 Å². The molecular weight excluding hydrogens is 256 g/mol. The highest BCUT2D eigenvalue weighted by Crippen LogP contribution is 2.31. The van der Waals surface area contributed by atoms with Crippen molar-refractivity contribution in [1.29, 1.82) is 0 Å². The highest BCUT2D eigenvalue weighted by atomic mass is 32.2. The van der Waals surface area contributed by atoms with Gasteiger partial charge in [-0.1, -0.05) is 12.2 Å². The summed E-state index contributed by atoms with van der Waals surface area (Å²) < 4.78 is 5.28. The quantitative estimate of drug-likeness (QED) is 0.732. The molecule has 1 amide bonds. The Labute approximate surface area is 112 Å². The van der Waals surface area contributed by atoms with Crippen LogP contribution < -0.4 is 11.1 Å². The van der Waals surface area contributed by atoms with Crippen LogP contribution in [0.5, 0.6) is 0 Å². The van der Waals surface area contributed by atoms with Gasteiger partial charge in [0.25, 0.3) is 0 Å². The zero-order valence-electron chi connectivity index (χ0n) is 10.3. The van der Waals surface area contributed by atoms with E-state index in [4.69, 9.17) is 22.7 Å². The van der Waals surface area contributed by atoms with Gasteiger partial charge in [0, 0.05) is 25.0 Å². The minimum absolute atomic E-state index is 0.0464. The maximum atomic E-state index is 12.3. The third-order valence-corrected chi connectivity index (χ3v) is 4.27. The highest BCUT2D eigenvalue weighted by Gasteiger charge is 2.43. The lowest BCUT2D eigenvalue weighted by atomic mass is 9.79. The summed E-state index contributed by atoms with van der Waals surface area (Å²) in [5.74, 6) is 0.838. The number of rotatable bonds is 5. The Kier molecular flexibility index (Phi) is 5.69. The minimum Gasteiger partial charge on any atom is -0.392 e. The molecule has 17 heavy (non-hydrogen) atoms. The van der Waals surface area contributed by atoms with Gasteiger partial charge in [-0.2, -0.15) is 11.8 Å². The van der Waals surface area contributed by atoms with Crippen LogP contribution in [0.25, 0.3) is 0 Å². The van der Waals surface area contributed by atoms with Gasteiger partial charge in [0.1, 0.15) is 5.41 Å². The van der Waals surface area contributed by atoms with Crippen LogP contribution in [0.4, 0.5) is 0 Å². The molecule has 1 atom stereocenters. The molecule has 6 heteroatoms. The predicted octanol–water partition coefficient (Wildman–Crippen LogP) is 0.937. The van der Waals surface area contributed by atoms with Gasteiger partial charge in [-0.15, -0.1) is 0 Å². The minimum atomic E-state index is -0.708. The van der Waals surface area contributed by atoms with Gasteiger partial charge < -0.3 is 15.8 Å². The van der Waals surface area contributed by atoms with Crippen molar-refractivity contribution in [3.05, 3.63) is 0 Å². The summed E-state index contributed by atoms with van der Waals surface area (Å²) >= 11 is 6.78. The Morgan fingerprint density at radius 3 is 2.65 bits per heavy atom. The van der Waals surface area contributed by atoms with Gasteiger partial charge in [0.15, 0.2) is 0 Å². The Morgan fingerprint density at radius 1 is 1.59 bits per heavy atom. The van der Waals surface area contributed by atoms with Gasteiger partial charge in [-0.3, -0.25) is 4.79 Å². The molecule has 0 spiro atoms.